The Morgan fingerprint density at radius 3 is 2.14 bits per heavy atom. The predicted molar refractivity (Wildman–Crippen MR) is 76.6 cm³/mol. The van der Waals surface area contributed by atoms with E-state index in [1.165, 1.54) is 6.21 Å². The predicted octanol–water partition coefficient (Wildman–Crippen LogP) is -1.45. The quantitative estimate of drug-likeness (QED) is 0.374. The Kier molecular flexibility index (Phi) is 7.27. The molecule has 0 aliphatic rings. The molecule has 1 aromatic carbocycles. The van der Waals surface area contributed by atoms with Crippen LogP contribution in [0.25, 0.3) is 0 Å². The second-order valence-corrected chi connectivity index (χ2v) is 4.57. The van der Waals surface area contributed by atoms with Gasteiger partial charge in [-0.05, 0) is 29.8 Å². The molecule has 0 fully saturated rings. The molecule has 0 heterocycles. The minimum atomic E-state index is -1.64. The molecule has 0 amide bonds. The summed E-state index contributed by atoms with van der Waals surface area (Å²) in [6.45, 7) is -0.859. The molecular weight excluding hydrogens is 278 g/mol. The lowest BCUT2D eigenvalue weighted by atomic mass is 10.0. The molecule has 0 aliphatic carbocycles. The highest BCUT2D eigenvalue weighted by molar-refractivity contribution is 5.79. The van der Waals surface area contributed by atoms with Gasteiger partial charge in [-0.3, -0.25) is 4.99 Å². The third-order valence-electron chi connectivity index (χ3n) is 2.97. The maximum absolute atomic E-state index is 9.66. The van der Waals surface area contributed by atoms with Crippen molar-refractivity contribution >= 4 is 6.21 Å². The number of methoxy groups -OCH3 is 1. The first-order valence-corrected chi connectivity index (χ1v) is 6.46. The van der Waals surface area contributed by atoms with Gasteiger partial charge in [0.05, 0.1) is 20.3 Å². The van der Waals surface area contributed by atoms with Gasteiger partial charge in [-0.1, -0.05) is 0 Å². The summed E-state index contributed by atoms with van der Waals surface area (Å²) in [5.74, 6) is 0.712. The van der Waals surface area contributed by atoms with Crippen LogP contribution in [0.3, 0.4) is 0 Å². The summed E-state index contributed by atoms with van der Waals surface area (Å²) in [5.41, 5.74) is 0.786. The van der Waals surface area contributed by atoms with E-state index < -0.39 is 31.0 Å². The maximum atomic E-state index is 9.66. The fraction of sp³-hybridized carbons (Fsp3) is 0.500. The zero-order valence-corrected chi connectivity index (χ0v) is 11.7. The van der Waals surface area contributed by atoms with Crippen LogP contribution in [0, 0.1) is 0 Å². The van der Waals surface area contributed by atoms with Crippen LogP contribution in [0.15, 0.2) is 29.3 Å². The van der Waals surface area contributed by atoms with E-state index >= 15 is 0 Å². The molecule has 0 bridgehead atoms. The SMILES string of the molecule is COc1ccc(C=NC[C@H](O)[C@@H](O)[C@H](O)[C@H](O)CO)cc1. The summed E-state index contributed by atoms with van der Waals surface area (Å²) < 4.78 is 5.01. The highest BCUT2D eigenvalue weighted by Crippen LogP contribution is 2.10. The second-order valence-electron chi connectivity index (χ2n) is 4.57. The Hall–Kier alpha value is -1.51. The molecule has 1 aromatic rings. The molecule has 0 saturated heterocycles. The van der Waals surface area contributed by atoms with Crippen molar-refractivity contribution in [2.24, 2.45) is 4.99 Å². The highest BCUT2D eigenvalue weighted by atomic mass is 16.5. The van der Waals surface area contributed by atoms with E-state index in [0.29, 0.717) is 5.75 Å². The van der Waals surface area contributed by atoms with Gasteiger partial charge in [0, 0.05) is 6.21 Å². The zero-order valence-electron chi connectivity index (χ0n) is 11.7. The lowest BCUT2D eigenvalue weighted by Crippen LogP contribution is -2.46. The number of aliphatic hydroxyl groups is 5. The molecule has 0 saturated carbocycles. The number of nitrogens with zero attached hydrogens (tertiary/aromatic N) is 1. The van der Waals surface area contributed by atoms with Crippen LogP contribution in [-0.4, -0.2) is 76.4 Å². The number of aliphatic hydroxyl groups excluding tert-OH is 5. The zero-order chi connectivity index (χ0) is 15.8. The van der Waals surface area contributed by atoms with Crippen LogP contribution in [0.2, 0.25) is 0 Å². The van der Waals surface area contributed by atoms with Crippen LogP contribution in [0.5, 0.6) is 5.75 Å². The first-order valence-electron chi connectivity index (χ1n) is 6.46. The van der Waals surface area contributed by atoms with Crippen molar-refractivity contribution in [3.8, 4) is 5.75 Å². The fourth-order valence-corrected chi connectivity index (χ4v) is 1.63. The van der Waals surface area contributed by atoms with Crippen molar-refractivity contribution in [3.63, 3.8) is 0 Å². The van der Waals surface area contributed by atoms with Crippen molar-refractivity contribution in [2.75, 3.05) is 20.3 Å². The van der Waals surface area contributed by atoms with E-state index in [1.807, 2.05) is 0 Å². The third-order valence-corrected chi connectivity index (χ3v) is 2.97. The molecule has 0 unspecified atom stereocenters. The Labute approximate surface area is 122 Å². The van der Waals surface area contributed by atoms with E-state index in [4.69, 9.17) is 9.84 Å². The van der Waals surface area contributed by atoms with Crippen LogP contribution in [-0.2, 0) is 0 Å². The molecule has 4 atom stereocenters. The lowest BCUT2D eigenvalue weighted by molar-refractivity contribution is -0.112. The molecule has 0 radical (unpaired) electrons. The third kappa shape index (κ3) is 5.41. The minimum Gasteiger partial charge on any atom is -0.497 e. The van der Waals surface area contributed by atoms with Crippen molar-refractivity contribution < 1.29 is 30.3 Å². The van der Waals surface area contributed by atoms with Gasteiger partial charge in [-0.2, -0.15) is 0 Å². The summed E-state index contributed by atoms with van der Waals surface area (Å²) in [5, 5.41) is 46.5. The average molecular weight is 299 g/mol. The van der Waals surface area contributed by atoms with Crippen molar-refractivity contribution in [1.82, 2.24) is 0 Å². The molecule has 0 spiro atoms. The lowest BCUT2D eigenvalue weighted by Gasteiger charge is -2.24. The molecule has 0 aliphatic heterocycles. The van der Waals surface area contributed by atoms with Gasteiger partial charge in [-0.15, -0.1) is 0 Å². The standard InChI is InChI=1S/C14H21NO6/c1-21-10-4-2-9(3-5-10)6-15-7-11(17)13(19)14(20)12(18)8-16/h2-6,11-14,16-20H,7-8H2,1H3/t11-,12+,13+,14+/m0/s1. The Balaban J connectivity index is 2.50. The first-order chi connectivity index (χ1) is 9.99. The molecule has 7 nitrogen and oxygen atoms in total. The van der Waals surface area contributed by atoms with Gasteiger partial charge >= 0.3 is 0 Å². The van der Waals surface area contributed by atoms with E-state index in [2.05, 4.69) is 4.99 Å². The molecule has 21 heavy (non-hydrogen) atoms. The van der Waals surface area contributed by atoms with Crippen LogP contribution < -0.4 is 4.74 Å². The van der Waals surface area contributed by atoms with E-state index in [0.717, 1.165) is 5.56 Å². The highest BCUT2D eigenvalue weighted by Gasteiger charge is 2.29. The summed E-state index contributed by atoms with van der Waals surface area (Å²) in [4.78, 5) is 3.95. The molecule has 0 aromatic heterocycles. The summed E-state index contributed by atoms with van der Waals surface area (Å²) >= 11 is 0. The molecular formula is C14H21NO6. The number of rotatable bonds is 8. The Bertz CT molecular complexity index is 436. The van der Waals surface area contributed by atoms with E-state index in [9.17, 15) is 20.4 Å². The number of aliphatic imine (C=N–C) groups is 1. The van der Waals surface area contributed by atoms with Gasteiger partial charge in [0.2, 0.25) is 0 Å². The second kappa shape index (κ2) is 8.71. The van der Waals surface area contributed by atoms with Crippen molar-refractivity contribution in [3.05, 3.63) is 29.8 Å². The topological polar surface area (TPSA) is 123 Å². The molecule has 5 N–H and O–H groups in total. The van der Waals surface area contributed by atoms with Gasteiger partial charge in [0.25, 0.3) is 0 Å². The summed E-state index contributed by atoms with van der Waals surface area (Å²) in [6, 6.07) is 7.06. The monoisotopic (exact) mass is 299 g/mol. The van der Waals surface area contributed by atoms with Crippen molar-refractivity contribution in [2.45, 2.75) is 24.4 Å². The smallest absolute Gasteiger partial charge is 0.118 e. The van der Waals surface area contributed by atoms with Gasteiger partial charge in [0.1, 0.15) is 30.2 Å². The Morgan fingerprint density at radius 2 is 1.62 bits per heavy atom. The van der Waals surface area contributed by atoms with Crippen molar-refractivity contribution in [1.29, 1.82) is 0 Å². The number of hydrogen-bond donors (Lipinski definition) is 5. The first kappa shape index (κ1) is 17.5. The number of ether oxygens (including phenoxy) is 1. The molecule has 7 heteroatoms. The van der Waals surface area contributed by atoms with E-state index in [1.54, 1.807) is 31.4 Å². The largest absolute Gasteiger partial charge is 0.497 e. The van der Waals surface area contributed by atoms with E-state index in [-0.39, 0.29) is 6.54 Å². The summed E-state index contributed by atoms with van der Waals surface area (Å²) in [6.07, 6.45) is -4.60. The number of hydrogen-bond acceptors (Lipinski definition) is 7. The molecule has 118 valence electrons. The van der Waals surface area contributed by atoms with Crippen LogP contribution >= 0.6 is 0 Å². The Morgan fingerprint density at radius 1 is 1.05 bits per heavy atom. The maximum Gasteiger partial charge on any atom is 0.118 e. The minimum absolute atomic E-state index is 0.150. The summed E-state index contributed by atoms with van der Waals surface area (Å²) in [7, 11) is 1.56. The average Bonchev–Trinajstić information content (AvgIpc) is 2.53. The van der Waals surface area contributed by atoms with Crippen LogP contribution in [0.4, 0.5) is 0 Å². The van der Waals surface area contributed by atoms with Crippen LogP contribution in [0.1, 0.15) is 5.56 Å². The van der Waals surface area contributed by atoms with Gasteiger partial charge in [-0.25, -0.2) is 0 Å². The number of benzene rings is 1. The normalized spacial score (nSPS) is 17.4. The van der Waals surface area contributed by atoms with Gasteiger partial charge in [0.15, 0.2) is 0 Å². The van der Waals surface area contributed by atoms with Gasteiger partial charge < -0.3 is 30.3 Å². The fourth-order valence-electron chi connectivity index (χ4n) is 1.63. The molecule has 1 rings (SSSR count).